The van der Waals surface area contributed by atoms with Crippen LogP contribution in [0.25, 0.3) is 10.9 Å². The van der Waals surface area contributed by atoms with Gasteiger partial charge < -0.3 is 10.3 Å². The Hall–Kier alpha value is -2.41. The monoisotopic (exact) mass is 328 g/mol. The van der Waals surface area contributed by atoms with E-state index in [1.165, 1.54) is 12.8 Å². The second kappa shape index (κ2) is 5.90. The average molecular weight is 328 g/mol. The van der Waals surface area contributed by atoms with Crippen molar-refractivity contribution < 1.29 is 4.79 Å². The molecule has 1 saturated carbocycles. The van der Waals surface area contributed by atoms with Crippen LogP contribution < -0.4 is 16.6 Å². The standard InChI is InChI=1S/C17H20N4O3/c22-15(18-11-7-8-20(9-11)12-5-6-12)10-21-16(23)13-3-1-2-4-14(13)19-17(21)24/h1-4,11-12H,5-10H2,(H,18,22)(H,19,24)/t11-/m1/s1. The van der Waals surface area contributed by atoms with E-state index in [2.05, 4.69) is 15.2 Å². The molecule has 1 amide bonds. The van der Waals surface area contributed by atoms with Gasteiger partial charge in [0.25, 0.3) is 5.56 Å². The van der Waals surface area contributed by atoms with Gasteiger partial charge in [-0.1, -0.05) is 12.1 Å². The SMILES string of the molecule is O=C(Cn1c(=O)[nH]c2ccccc2c1=O)N[C@@H]1CCN(C2CC2)C1. The third-order valence-electron chi connectivity index (χ3n) is 4.84. The predicted molar refractivity (Wildman–Crippen MR) is 90.0 cm³/mol. The van der Waals surface area contributed by atoms with Crippen LogP contribution in [0.15, 0.2) is 33.9 Å². The fourth-order valence-corrected chi connectivity index (χ4v) is 3.44. The second-order valence-electron chi connectivity index (χ2n) is 6.65. The number of carbonyl (C=O) groups is 1. The molecule has 1 saturated heterocycles. The van der Waals surface area contributed by atoms with E-state index < -0.39 is 11.2 Å². The molecule has 2 aromatic rings. The van der Waals surface area contributed by atoms with Gasteiger partial charge in [0.2, 0.25) is 5.91 Å². The van der Waals surface area contributed by atoms with Gasteiger partial charge in [-0.2, -0.15) is 0 Å². The number of rotatable bonds is 4. The van der Waals surface area contributed by atoms with Crippen LogP contribution in [-0.2, 0) is 11.3 Å². The fourth-order valence-electron chi connectivity index (χ4n) is 3.44. The molecule has 0 unspecified atom stereocenters. The summed E-state index contributed by atoms with van der Waals surface area (Å²) in [5.74, 6) is -0.291. The zero-order valence-corrected chi connectivity index (χ0v) is 13.3. The number of nitrogens with zero attached hydrogens (tertiary/aromatic N) is 2. The summed E-state index contributed by atoms with van der Waals surface area (Å²) in [6.45, 7) is 1.62. The first-order valence-corrected chi connectivity index (χ1v) is 8.37. The summed E-state index contributed by atoms with van der Waals surface area (Å²) >= 11 is 0. The van der Waals surface area contributed by atoms with Crippen LogP contribution in [-0.4, -0.2) is 45.5 Å². The molecule has 0 radical (unpaired) electrons. The molecule has 1 aromatic carbocycles. The lowest BCUT2D eigenvalue weighted by Crippen LogP contribution is -2.44. The van der Waals surface area contributed by atoms with Crippen molar-refractivity contribution in [3.8, 4) is 0 Å². The van der Waals surface area contributed by atoms with E-state index >= 15 is 0 Å². The number of hydrogen-bond donors (Lipinski definition) is 2. The van der Waals surface area contributed by atoms with E-state index in [1.807, 2.05) is 0 Å². The molecular formula is C17H20N4O3. The first-order valence-electron chi connectivity index (χ1n) is 8.37. The minimum absolute atomic E-state index is 0.105. The summed E-state index contributed by atoms with van der Waals surface area (Å²) < 4.78 is 0.964. The number of benzene rings is 1. The topological polar surface area (TPSA) is 87.2 Å². The number of amides is 1. The Balaban J connectivity index is 1.48. The van der Waals surface area contributed by atoms with Gasteiger partial charge in [-0.3, -0.25) is 19.1 Å². The third-order valence-corrected chi connectivity index (χ3v) is 4.84. The van der Waals surface area contributed by atoms with E-state index in [1.54, 1.807) is 24.3 Å². The van der Waals surface area contributed by atoms with E-state index in [9.17, 15) is 14.4 Å². The predicted octanol–water partition coefficient (Wildman–Crippen LogP) is 0.0427. The van der Waals surface area contributed by atoms with Crippen LogP contribution in [0.4, 0.5) is 0 Å². The normalized spacial score (nSPS) is 21.2. The third kappa shape index (κ3) is 2.87. The molecule has 24 heavy (non-hydrogen) atoms. The summed E-state index contributed by atoms with van der Waals surface area (Å²) in [5, 5.41) is 3.36. The molecular weight excluding hydrogens is 308 g/mol. The molecule has 0 spiro atoms. The van der Waals surface area contributed by atoms with E-state index in [-0.39, 0.29) is 18.5 Å². The minimum atomic E-state index is -0.556. The maximum Gasteiger partial charge on any atom is 0.329 e. The number of aromatic nitrogens is 2. The zero-order chi connectivity index (χ0) is 16.7. The highest BCUT2D eigenvalue weighted by Gasteiger charge is 2.34. The molecule has 2 fully saturated rings. The number of likely N-dealkylation sites (tertiary alicyclic amines) is 1. The molecule has 126 valence electrons. The van der Waals surface area contributed by atoms with Crippen molar-refractivity contribution in [2.24, 2.45) is 0 Å². The summed E-state index contributed by atoms with van der Waals surface area (Å²) in [6.07, 6.45) is 3.43. The molecule has 7 heteroatoms. The number of carbonyl (C=O) groups excluding carboxylic acids is 1. The largest absolute Gasteiger partial charge is 0.350 e. The van der Waals surface area contributed by atoms with Crippen LogP contribution in [0.1, 0.15) is 19.3 Å². The van der Waals surface area contributed by atoms with Crippen molar-refractivity contribution in [3.05, 3.63) is 45.1 Å². The van der Waals surface area contributed by atoms with Crippen molar-refractivity contribution in [3.63, 3.8) is 0 Å². The maximum absolute atomic E-state index is 12.4. The number of fused-ring (bicyclic) bond motifs is 1. The summed E-state index contributed by atoms with van der Waals surface area (Å²) in [5.41, 5.74) is -0.504. The Kier molecular flexibility index (Phi) is 3.72. The van der Waals surface area contributed by atoms with Gasteiger partial charge in [0.1, 0.15) is 6.54 Å². The first-order chi connectivity index (χ1) is 11.6. The molecule has 1 atom stereocenters. The maximum atomic E-state index is 12.4. The van der Waals surface area contributed by atoms with Crippen LogP contribution in [0.2, 0.25) is 0 Å². The number of nitrogens with one attached hydrogen (secondary N) is 2. The molecule has 1 aliphatic carbocycles. The Morgan fingerprint density at radius 1 is 1.21 bits per heavy atom. The first kappa shape index (κ1) is 15.1. The summed E-state index contributed by atoms with van der Waals surface area (Å²) in [4.78, 5) is 41.8. The van der Waals surface area contributed by atoms with Gasteiger partial charge in [-0.05, 0) is 31.4 Å². The molecule has 4 rings (SSSR count). The number of H-pyrrole nitrogens is 1. The van der Waals surface area contributed by atoms with Crippen molar-refractivity contribution in [2.75, 3.05) is 13.1 Å². The van der Waals surface area contributed by atoms with Gasteiger partial charge >= 0.3 is 5.69 Å². The Bertz CT molecular complexity index is 897. The Morgan fingerprint density at radius 3 is 2.79 bits per heavy atom. The number of para-hydroxylation sites is 1. The highest BCUT2D eigenvalue weighted by atomic mass is 16.2. The van der Waals surface area contributed by atoms with Gasteiger partial charge in [0.05, 0.1) is 10.9 Å². The summed E-state index contributed by atoms with van der Waals surface area (Å²) in [7, 11) is 0. The zero-order valence-electron chi connectivity index (χ0n) is 13.3. The molecule has 1 aliphatic heterocycles. The van der Waals surface area contributed by atoms with E-state index in [4.69, 9.17) is 0 Å². The number of aromatic amines is 1. The molecule has 7 nitrogen and oxygen atoms in total. The van der Waals surface area contributed by atoms with Gasteiger partial charge in [0, 0.05) is 25.2 Å². The van der Waals surface area contributed by atoms with Crippen LogP contribution in [0, 0.1) is 0 Å². The Labute approximate surface area is 138 Å². The smallest absolute Gasteiger partial charge is 0.329 e. The van der Waals surface area contributed by atoms with Crippen molar-refractivity contribution in [2.45, 2.75) is 37.9 Å². The van der Waals surface area contributed by atoms with Gasteiger partial charge in [0.15, 0.2) is 0 Å². The highest BCUT2D eigenvalue weighted by Crippen LogP contribution is 2.29. The molecule has 2 N–H and O–H groups in total. The highest BCUT2D eigenvalue weighted by molar-refractivity contribution is 5.79. The fraction of sp³-hybridized carbons (Fsp3) is 0.471. The van der Waals surface area contributed by atoms with Gasteiger partial charge in [-0.25, -0.2) is 4.79 Å². The van der Waals surface area contributed by atoms with Crippen molar-refractivity contribution in [1.29, 1.82) is 0 Å². The minimum Gasteiger partial charge on any atom is -0.350 e. The Morgan fingerprint density at radius 2 is 2.00 bits per heavy atom. The van der Waals surface area contributed by atoms with Gasteiger partial charge in [-0.15, -0.1) is 0 Å². The summed E-state index contributed by atoms with van der Waals surface area (Å²) in [6, 6.07) is 7.60. The average Bonchev–Trinajstić information content (AvgIpc) is 3.32. The van der Waals surface area contributed by atoms with Crippen LogP contribution in [0.5, 0.6) is 0 Å². The number of hydrogen-bond acceptors (Lipinski definition) is 4. The quantitative estimate of drug-likeness (QED) is 0.830. The van der Waals surface area contributed by atoms with Crippen LogP contribution >= 0.6 is 0 Å². The van der Waals surface area contributed by atoms with E-state index in [0.29, 0.717) is 16.9 Å². The van der Waals surface area contributed by atoms with E-state index in [0.717, 1.165) is 24.1 Å². The molecule has 1 aromatic heterocycles. The van der Waals surface area contributed by atoms with Crippen LogP contribution in [0.3, 0.4) is 0 Å². The molecule has 2 heterocycles. The lowest BCUT2D eigenvalue weighted by molar-refractivity contribution is -0.122. The molecule has 2 aliphatic rings. The molecule has 0 bridgehead atoms. The lowest BCUT2D eigenvalue weighted by Gasteiger charge is -2.16. The second-order valence-corrected chi connectivity index (χ2v) is 6.65. The lowest BCUT2D eigenvalue weighted by atomic mass is 10.2. The van der Waals surface area contributed by atoms with Crippen molar-refractivity contribution >= 4 is 16.8 Å². The van der Waals surface area contributed by atoms with Crippen molar-refractivity contribution in [1.82, 2.24) is 19.8 Å².